The maximum Gasteiger partial charge on any atom is 0.387 e. The first-order valence-electron chi connectivity index (χ1n) is 11.7. The van der Waals surface area contributed by atoms with Crippen LogP contribution in [0.4, 0.5) is 19.0 Å². The number of aromatic nitrogens is 2. The molecule has 4 rings (SSSR count). The van der Waals surface area contributed by atoms with E-state index in [0.717, 1.165) is 25.0 Å². The zero-order valence-corrected chi connectivity index (χ0v) is 21.9. The Labute approximate surface area is 213 Å². The molecule has 1 aliphatic carbocycles. The van der Waals surface area contributed by atoms with Gasteiger partial charge in [-0.25, -0.2) is 17.8 Å². The molecule has 0 saturated heterocycles. The van der Waals surface area contributed by atoms with Crippen molar-refractivity contribution in [2.45, 2.75) is 64.9 Å². The number of amides is 1. The first-order valence-corrected chi connectivity index (χ1v) is 13.2. The topological polar surface area (TPSA) is 116 Å². The van der Waals surface area contributed by atoms with Crippen molar-refractivity contribution < 1.29 is 31.1 Å². The van der Waals surface area contributed by atoms with E-state index in [-0.39, 0.29) is 28.7 Å². The summed E-state index contributed by atoms with van der Waals surface area (Å²) in [6.45, 7) is 5.07. The van der Waals surface area contributed by atoms with Gasteiger partial charge in [0.15, 0.2) is 11.6 Å². The van der Waals surface area contributed by atoms with Crippen LogP contribution in [-0.4, -0.2) is 35.2 Å². The number of halogens is 3. The molecular formula is C25H29F3N4O4S. The van der Waals surface area contributed by atoms with Crippen molar-refractivity contribution >= 4 is 32.7 Å². The fraction of sp³-hybridized carbons (Fsp3) is 0.440. The molecule has 1 atom stereocenters. The van der Waals surface area contributed by atoms with Crippen LogP contribution in [-0.2, 0) is 10.0 Å². The number of primary amides is 1. The van der Waals surface area contributed by atoms with Gasteiger partial charge in [0, 0.05) is 29.3 Å². The summed E-state index contributed by atoms with van der Waals surface area (Å²) in [5, 5.41) is 0.158. The van der Waals surface area contributed by atoms with Crippen molar-refractivity contribution in [3.05, 3.63) is 41.3 Å². The molecule has 1 fully saturated rings. The minimum absolute atomic E-state index is 0.0120. The number of aryl methyl sites for hydroxylation is 1. The van der Waals surface area contributed by atoms with Crippen LogP contribution >= 0.6 is 0 Å². The quantitative estimate of drug-likeness (QED) is 0.400. The number of alkyl halides is 2. The lowest BCUT2D eigenvalue weighted by molar-refractivity contribution is -0.0521. The van der Waals surface area contributed by atoms with Crippen LogP contribution in [0.2, 0.25) is 0 Å². The molecule has 0 unspecified atom stereocenters. The van der Waals surface area contributed by atoms with E-state index < -0.39 is 38.9 Å². The first-order chi connectivity index (χ1) is 17.1. The Morgan fingerprint density at radius 2 is 1.89 bits per heavy atom. The number of fused-ring (bicyclic) bond motifs is 1. The second kappa shape index (κ2) is 9.23. The van der Waals surface area contributed by atoms with Crippen molar-refractivity contribution in [2.75, 3.05) is 4.72 Å². The summed E-state index contributed by atoms with van der Waals surface area (Å²) in [4.78, 5) is 17.0. The molecule has 0 spiro atoms. The van der Waals surface area contributed by atoms with Gasteiger partial charge in [-0.15, -0.1) is 0 Å². The number of pyridine rings is 1. The van der Waals surface area contributed by atoms with Gasteiger partial charge in [-0.3, -0.25) is 9.52 Å². The number of benzene rings is 1. The highest BCUT2D eigenvalue weighted by atomic mass is 32.2. The summed E-state index contributed by atoms with van der Waals surface area (Å²) in [6.07, 6.45) is 3.27. The summed E-state index contributed by atoms with van der Waals surface area (Å²) in [5.74, 6) is -2.19. The van der Waals surface area contributed by atoms with Crippen LogP contribution in [0.15, 0.2) is 24.4 Å². The highest BCUT2D eigenvalue weighted by Gasteiger charge is 2.35. The maximum atomic E-state index is 14.7. The predicted octanol–water partition coefficient (Wildman–Crippen LogP) is 5.36. The zero-order valence-electron chi connectivity index (χ0n) is 21.1. The highest BCUT2D eigenvalue weighted by Crippen LogP contribution is 2.46. The van der Waals surface area contributed by atoms with Crippen molar-refractivity contribution in [1.82, 2.24) is 9.55 Å². The highest BCUT2D eigenvalue weighted by molar-refractivity contribution is 7.94. The number of nitrogens with one attached hydrogen (secondary N) is 1. The summed E-state index contributed by atoms with van der Waals surface area (Å²) >= 11 is 0. The fourth-order valence-corrected chi connectivity index (χ4v) is 5.07. The molecule has 1 aromatic carbocycles. The monoisotopic (exact) mass is 538 g/mol. The number of nitrogens with two attached hydrogens (primary N) is 1. The standard InChI is InChI=1S/C25H29F3N4O4S/c1-12-8-20(31-37(34,35)25(3,4)5)30-11-16(12)22-21(23(29)33)15-9-17(26)19(36-24(27)28)10-18(15)32(22)13(2)14-6-7-14/h8-11,13-14,24H,6-7H2,1-5H3,(H2,29,33)(H,30,31)/t13-/m1/s1. The SMILES string of the molecule is Cc1cc(NS(=O)(=O)C(C)(C)C)ncc1-c1c(C(N)=O)c2cc(F)c(OC(F)F)cc2n1[C@H](C)C1CC1. The summed E-state index contributed by atoms with van der Waals surface area (Å²) in [5.41, 5.74) is 7.48. The van der Waals surface area contributed by atoms with Crippen molar-refractivity contribution in [3.8, 4) is 17.0 Å². The first kappa shape index (κ1) is 26.8. The maximum absolute atomic E-state index is 14.7. The molecule has 1 aliphatic rings. The third-order valence-corrected chi connectivity index (χ3v) is 8.73. The lowest BCUT2D eigenvalue weighted by Crippen LogP contribution is -2.34. The van der Waals surface area contributed by atoms with Crippen LogP contribution in [0.5, 0.6) is 5.75 Å². The van der Waals surface area contributed by atoms with Gasteiger partial charge in [0.05, 0.1) is 21.5 Å². The van der Waals surface area contributed by atoms with Gasteiger partial charge < -0.3 is 15.0 Å². The Morgan fingerprint density at radius 3 is 2.41 bits per heavy atom. The smallest absolute Gasteiger partial charge is 0.387 e. The number of ether oxygens (including phenoxy) is 1. The van der Waals surface area contributed by atoms with Crippen LogP contribution in [0, 0.1) is 18.7 Å². The van der Waals surface area contributed by atoms with E-state index >= 15 is 0 Å². The van der Waals surface area contributed by atoms with E-state index in [1.165, 1.54) is 12.3 Å². The van der Waals surface area contributed by atoms with E-state index in [4.69, 9.17) is 5.73 Å². The van der Waals surface area contributed by atoms with Crippen LogP contribution in [0.1, 0.15) is 62.5 Å². The molecule has 3 N–H and O–H groups in total. The molecule has 3 aromatic rings. The lowest BCUT2D eigenvalue weighted by atomic mass is 10.0. The van der Waals surface area contributed by atoms with E-state index in [1.807, 2.05) is 6.92 Å². The van der Waals surface area contributed by atoms with Crippen LogP contribution in [0.25, 0.3) is 22.2 Å². The van der Waals surface area contributed by atoms with Gasteiger partial charge >= 0.3 is 6.61 Å². The Hall–Kier alpha value is -3.28. The van der Waals surface area contributed by atoms with Gasteiger partial charge in [-0.2, -0.15) is 8.78 Å². The normalized spacial score (nSPS) is 15.3. The molecule has 0 aliphatic heterocycles. The Balaban J connectivity index is 1.97. The number of nitrogens with zero attached hydrogens (tertiary/aromatic N) is 2. The van der Waals surface area contributed by atoms with Crippen molar-refractivity contribution in [2.24, 2.45) is 11.7 Å². The van der Waals surface area contributed by atoms with Gasteiger partial charge in [-0.1, -0.05) is 0 Å². The van der Waals surface area contributed by atoms with E-state index in [2.05, 4.69) is 14.4 Å². The summed E-state index contributed by atoms with van der Waals surface area (Å²) in [6, 6.07) is 3.47. The molecule has 1 saturated carbocycles. The number of rotatable bonds is 8. The number of carbonyl (C=O) groups is 1. The van der Waals surface area contributed by atoms with E-state index in [1.54, 1.807) is 32.3 Å². The Morgan fingerprint density at radius 1 is 1.24 bits per heavy atom. The molecule has 0 bridgehead atoms. The van der Waals surface area contributed by atoms with Crippen molar-refractivity contribution in [1.29, 1.82) is 0 Å². The third-order valence-electron chi connectivity index (χ3n) is 6.64. The van der Waals surface area contributed by atoms with Crippen molar-refractivity contribution in [3.63, 3.8) is 0 Å². The van der Waals surface area contributed by atoms with Gasteiger partial charge in [0.25, 0.3) is 5.91 Å². The average molecular weight is 539 g/mol. The molecule has 0 radical (unpaired) electrons. The minimum Gasteiger partial charge on any atom is -0.432 e. The lowest BCUT2D eigenvalue weighted by Gasteiger charge is -2.22. The molecule has 37 heavy (non-hydrogen) atoms. The van der Waals surface area contributed by atoms with Crippen LogP contribution in [0.3, 0.4) is 0 Å². The van der Waals surface area contributed by atoms with Gasteiger partial charge in [-0.05, 0) is 71.1 Å². The molecule has 2 heterocycles. The molecule has 8 nitrogen and oxygen atoms in total. The van der Waals surface area contributed by atoms with E-state index in [9.17, 15) is 26.4 Å². The minimum atomic E-state index is -3.74. The van der Waals surface area contributed by atoms with Gasteiger partial charge in [0.2, 0.25) is 10.0 Å². The second-order valence-corrected chi connectivity index (χ2v) is 12.8. The number of hydrogen-bond acceptors (Lipinski definition) is 5. The molecular weight excluding hydrogens is 509 g/mol. The Kier molecular flexibility index (Phi) is 6.68. The summed E-state index contributed by atoms with van der Waals surface area (Å²) < 4.78 is 73.3. The number of anilines is 1. The fourth-order valence-electron chi connectivity index (χ4n) is 4.37. The third kappa shape index (κ3) is 4.98. The number of sulfonamides is 1. The number of carbonyl (C=O) groups excluding carboxylic acids is 1. The molecule has 200 valence electrons. The molecule has 1 amide bonds. The second-order valence-electron chi connectivity index (χ2n) is 10.3. The average Bonchev–Trinajstić information content (AvgIpc) is 3.55. The van der Waals surface area contributed by atoms with Gasteiger partial charge in [0.1, 0.15) is 5.82 Å². The largest absolute Gasteiger partial charge is 0.432 e. The molecule has 2 aromatic heterocycles. The summed E-state index contributed by atoms with van der Waals surface area (Å²) in [7, 11) is -3.74. The predicted molar refractivity (Wildman–Crippen MR) is 135 cm³/mol. The van der Waals surface area contributed by atoms with Crippen LogP contribution < -0.4 is 15.2 Å². The number of hydrogen-bond donors (Lipinski definition) is 2. The molecule has 12 heteroatoms. The van der Waals surface area contributed by atoms with E-state index in [0.29, 0.717) is 22.3 Å². The zero-order chi connectivity index (χ0) is 27.4. The Bertz CT molecular complexity index is 1490.